The molecule has 0 radical (unpaired) electrons. The zero-order valence-electron chi connectivity index (χ0n) is 15.1. The van der Waals surface area contributed by atoms with Crippen molar-refractivity contribution in [3.63, 3.8) is 0 Å². The summed E-state index contributed by atoms with van der Waals surface area (Å²) >= 11 is 0. The van der Waals surface area contributed by atoms with Crippen LogP contribution in [0.2, 0.25) is 0 Å². The molecule has 0 unspecified atom stereocenters. The molecule has 5 rings (SSSR count). The minimum absolute atomic E-state index is 0.809. The molecule has 0 aliphatic carbocycles. The first-order chi connectivity index (χ1) is 13.2. The van der Waals surface area contributed by atoms with E-state index in [9.17, 15) is 0 Å². The van der Waals surface area contributed by atoms with E-state index >= 15 is 0 Å². The van der Waals surface area contributed by atoms with Gasteiger partial charge in [0.2, 0.25) is 0 Å². The molecule has 0 amide bonds. The maximum absolute atomic E-state index is 4.90. The van der Waals surface area contributed by atoms with Gasteiger partial charge in [-0.3, -0.25) is 9.38 Å². The fourth-order valence-corrected chi connectivity index (χ4v) is 3.61. The molecule has 5 aromatic rings. The lowest BCUT2D eigenvalue weighted by Gasteiger charge is -2.14. The van der Waals surface area contributed by atoms with Gasteiger partial charge >= 0.3 is 0 Å². The van der Waals surface area contributed by atoms with E-state index in [-0.39, 0.29) is 0 Å². The normalized spacial score (nSPS) is 11.3. The molecule has 130 valence electrons. The lowest BCUT2D eigenvalue weighted by Crippen LogP contribution is -2.01. The number of aromatic nitrogens is 5. The van der Waals surface area contributed by atoms with Crippen LogP contribution in [-0.2, 0) is 0 Å². The van der Waals surface area contributed by atoms with Crippen molar-refractivity contribution >= 4 is 16.6 Å². The Morgan fingerprint density at radius 1 is 0.889 bits per heavy atom. The van der Waals surface area contributed by atoms with Crippen LogP contribution in [0.4, 0.5) is 0 Å². The van der Waals surface area contributed by atoms with Gasteiger partial charge < -0.3 is 0 Å². The number of hydrogen-bond acceptors (Lipinski definition) is 4. The van der Waals surface area contributed by atoms with Crippen LogP contribution in [0.25, 0.3) is 38.9 Å². The van der Waals surface area contributed by atoms with Gasteiger partial charge in [0.25, 0.3) is 0 Å². The molecule has 5 heteroatoms. The standard InChI is InChI=1S/C22H17N5/c1-14-11-18(12-17-9-6-10-23-20(14)17)19-21(16-7-4-3-5-8-16)25-15(2)27-13-24-26-22(19)27/h3-13H,1-2H3. The van der Waals surface area contributed by atoms with Crippen molar-refractivity contribution in [2.45, 2.75) is 13.8 Å². The Balaban J connectivity index is 1.90. The van der Waals surface area contributed by atoms with E-state index in [1.807, 2.05) is 41.8 Å². The van der Waals surface area contributed by atoms with Gasteiger partial charge in [-0.05, 0) is 43.2 Å². The number of aryl methyl sites for hydroxylation is 2. The summed E-state index contributed by atoms with van der Waals surface area (Å²) in [4.78, 5) is 9.41. The number of hydrogen-bond donors (Lipinski definition) is 0. The van der Waals surface area contributed by atoms with Gasteiger partial charge in [-0.2, -0.15) is 0 Å². The molecule has 2 aromatic carbocycles. The van der Waals surface area contributed by atoms with E-state index < -0.39 is 0 Å². The third kappa shape index (κ3) is 2.47. The molecule has 0 spiro atoms. The zero-order chi connectivity index (χ0) is 18.4. The molecule has 0 aliphatic heterocycles. The maximum Gasteiger partial charge on any atom is 0.172 e. The second-order valence-corrected chi connectivity index (χ2v) is 6.64. The van der Waals surface area contributed by atoms with Crippen LogP contribution in [0.15, 0.2) is 67.1 Å². The zero-order valence-corrected chi connectivity index (χ0v) is 15.1. The van der Waals surface area contributed by atoms with E-state index in [0.717, 1.165) is 50.3 Å². The van der Waals surface area contributed by atoms with Crippen LogP contribution in [-0.4, -0.2) is 24.6 Å². The molecule has 3 heterocycles. The van der Waals surface area contributed by atoms with Gasteiger partial charge in [0.1, 0.15) is 12.2 Å². The van der Waals surface area contributed by atoms with Crippen LogP contribution < -0.4 is 0 Å². The molecule has 0 bridgehead atoms. The Morgan fingerprint density at radius 3 is 2.59 bits per heavy atom. The second kappa shape index (κ2) is 5.99. The van der Waals surface area contributed by atoms with Gasteiger partial charge in [0.15, 0.2) is 5.65 Å². The van der Waals surface area contributed by atoms with Crippen molar-refractivity contribution in [3.05, 3.63) is 78.5 Å². The number of fused-ring (bicyclic) bond motifs is 2. The summed E-state index contributed by atoms with van der Waals surface area (Å²) in [6, 6.07) is 18.6. The van der Waals surface area contributed by atoms with Crippen LogP contribution in [0.5, 0.6) is 0 Å². The summed E-state index contributed by atoms with van der Waals surface area (Å²) < 4.78 is 1.94. The Kier molecular flexibility index (Phi) is 3.47. The fraction of sp³-hybridized carbons (Fsp3) is 0.0909. The largest absolute Gasteiger partial charge is 0.269 e. The predicted octanol–water partition coefficient (Wildman–Crippen LogP) is 4.62. The Hall–Kier alpha value is -3.60. The van der Waals surface area contributed by atoms with Crippen molar-refractivity contribution in [2.75, 3.05) is 0 Å². The van der Waals surface area contributed by atoms with E-state index in [4.69, 9.17) is 4.98 Å². The van der Waals surface area contributed by atoms with Crippen molar-refractivity contribution < 1.29 is 0 Å². The van der Waals surface area contributed by atoms with Crippen molar-refractivity contribution in [1.82, 2.24) is 24.6 Å². The highest BCUT2D eigenvalue weighted by molar-refractivity contribution is 5.95. The first-order valence-electron chi connectivity index (χ1n) is 8.84. The van der Waals surface area contributed by atoms with Crippen LogP contribution in [0.1, 0.15) is 11.4 Å². The van der Waals surface area contributed by atoms with Gasteiger partial charge in [0.05, 0.1) is 16.8 Å². The molecule has 3 aromatic heterocycles. The van der Waals surface area contributed by atoms with Crippen LogP contribution in [0.3, 0.4) is 0 Å². The van der Waals surface area contributed by atoms with Gasteiger partial charge in [-0.25, -0.2) is 4.98 Å². The van der Waals surface area contributed by atoms with Crippen LogP contribution in [0, 0.1) is 13.8 Å². The van der Waals surface area contributed by atoms with Crippen molar-refractivity contribution in [1.29, 1.82) is 0 Å². The quantitative estimate of drug-likeness (QED) is 0.465. The van der Waals surface area contributed by atoms with Gasteiger partial charge in [0, 0.05) is 17.1 Å². The third-order valence-electron chi connectivity index (χ3n) is 4.86. The molecule has 0 aliphatic rings. The summed E-state index contributed by atoms with van der Waals surface area (Å²) in [6.45, 7) is 4.06. The number of pyridine rings is 1. The Bertz CT molecular complexity index is 1290. The molecule has 0 saturated heterocycles. The molecular weight excluding hydrogens is 334 g/mol. The molecule has 0 atom stereocenters. The first-order valence-corrected chi connectivity index (χ1v) is 8.84. The maximum atomic E-state index is 4.90. The third-order valence-corrected chi connectivity index (χ3v) is 4.86. The average molecular weight is 351 g/mol. The Labute approximate surface area is 156 Å². The summed E-state index contributed by atoms with van der Waals surface area (Å²) in [5, 5.41) is 9.64. The minimum Gasteiger partial charge on any atom is -0.269 e. The first kappa shape index (κ1) is 15.6. The molecule has 5 nitrogen and oxygen atoms in total. The number of benzene rings is 2. The highest BCUT2D eigenvalue weighted by Gasteiger charge is 2.18. The molecular formula is C22H17N5. The second-order valence-electron chi connectivity index (χ2n) is 6.64. The van der Waals surface area contributed by atoms with Crippen molar-refractivity contribution in [2.24, 2.45) is 0 Å². The topological polar surface area (TPSA) is 56.0 Å². The van der Waals surface area contributed by atoms with E-state index in [1.54, 1.807) is 6.33 Å². The predicted molar refractivity (Wildman–Crippen MR) is 106 cm³/mol. The molecule has 0 N–H and O–H groups in total. The monoisotopic (exact) mass is 351 g/mol. The fourth-order valence-electron chi connectivity index (χ4n) is 3.61. The molecule has 27 heavy (non-hydrogen) atoms. The van der Waals surface area contributed by atoms with Crippen molar-refractivity contribution in [3.8, 4) is 22.4 Å². The minimum atomic E-state index is 0.809. The van der Waals surface area contributed by atoms with E-state index in [1.165, 1.54) is 0 Å². The average Bonchev–Trinajstić information content (AvgIpc) is 3.19. The molecule has 0 saturated carbocycles. The van der Waals surface area contributed by atoms with E-state index in [2.05, 4.69) is 52.4 Å². The smallest absolute Gasteiger partial charge is 0.172 e. The summed E-state index contributed by atoms with van der Waals surface area (Å²) in [7, 11) is 0. The lowest BCUT2D eigenvalue weighted by atomic mass is 9.96. The number of rotatable bonds is 2. The Morgan fingerprint density at radius 2 is 1.74 bits per heavy atom. The molecule has 0 fully saturated rings. The number of nitrogens with zero attached hydrogens (tertiary/aromatic N) is 5. The summed E-state index contributed by atoms with van der Waals surface area (Å²) in [5.41, 5.74) is 6.97. The highest BCUT2D eigenvalue weighted by atomic mass is 15.2. The lowest BCUT2D eigenvalue weighted by molar-refractivity contribution is 0.986. The highest BCUT2D eigenvalue weighted by Crippen LogP contribution is 2.36. The summed E-state index contributed by atoms with van der Waals surface area (Å²) in [6.07, 6.45) is 3.54. The SMILES string of the molecule is Cc1cc(-c2c(-c3ccccc3)nc(C)n3cnnc23)cc2cccnc12. The van der Waals surface area contributed by atoms with Crippen LogP contribution >= 0.6 is 0 Å². The van der Waals surface area contributed by atoms with Gasteiger partial charge in [-0.15, -0.1) is 10.2 Å². The van der Waals surface area contributed by atoms with E-state index in [0.29, 0.717) is 0 Å². The van der Waals surface area contributed by atoms with Gasteiger partial charge in [-0.1, -0.05) is 36.4 Å². The summed E-state index contributed by atoms with van der Waals surface area (Å²) in [5.74, 6) is 0.858.